The van der Waals surface area contributed by atoms with Crippen LogP contribution in [0.3, 0.4) is 0 Å². The molecule has 2 aromatic carbocycles. The predicted octanol–water partition coefficient (Wildman–Crippen LogP) is 4.25. The Hall–Kier alpha value is -2.66. The molecule has 4 rings (SSSR count). The normalized spacial score (nSPS) is 19.0. The third-order valence-electron chi connectivity index (χ3n) is 5.77. The molecule has 0 spiro atoms. The maximum atomic E-state index is 13.3. The molecule has 152 valence electrons. The first kappa shape index (κ1) is 19.6. The molecule has 0 radical (unpaired) electrons. The first-order valence-electron chi connectivity index (χ1n) is 10.4. The van der Waals surface area contributed by atoms with Crippen LogP contribution in [0.4, 0.5) is 0 Å². The molecule has 0 saturated heterocycles. The van der Waals surface area contributed by atoms with Gasteiger partial charge in [0.15, 0.2) is 0 Å². The maximum Gasteiger partial charge on any atom is 0.257 e. The average molecular weight is 392 g/mol. The lowest BCUT2D eigenvalue weighted by Gasteiger charge is -2.29. The Morgan fingerprint density at radius 3 is 2.41 bits per heavy atom. The number of hydrogen-bond acceptors (Lipinski definition) is 4. The van der Waals surface area contributed by atoms with Crippen LogP contribution in [0.5, 0.6) is 5.75 Å². The van der Waals surface area contributed by atoms with Gasteiger partial charge in [-0.05, 0) is 49.9 Å². The molecule has 2 aromatic rings. The topological polar surface area (TPSA) is 45.1 Å². The van der Waals surface area contributed by atoms with Gasteiger partial charge in [0.2, 0.25) is 0 Å². The number of hydrazone groups is 1. The SMILES string of the molecule is COc1ccc([C@@H]2CC(c3ccccc3)=NN2C(=O)CN(C(C)C)C2CC2)cc1. The summed E-state index contributed by atoms with van der Waals surface area (Å²) < 4.78 is 5.29. The number of rotatable bonds is 7. The highest BCUT2D eigenvalue weighted by molar-refractivity contribution is 6.03. The van der Waals surface area contributed by atoms with Crippen molar-refractivity contribution in [3.8, 4) is 5.75 Å². The largest absolute Gasteiger partial charge is 0.497 e. The van der Waals surface area contributed by atoms with Gasteiger partial charge >= 0.3 is 0 Å². The molecule has 1 atom stereocenters. The lowest BCUT2D eigenvalue weighted by atomic mass is 9.98. The summed E-state index contributed by atoms with van der Waals surface area (Å²) in [5.41, 5.74) is 3.11. The lowest BCUT2D eigenvalue weighted by Crippen LogP contribution is -2.42. The predicted molar refractivity (Wildman–Crippen MR) is 115 cm³/mol. The van der Waals surface area contributed by atoms with Gasteiger partial charge in [-0.25, -0.2) is 5.01 Å². The van der Waals surface area contributed by atoms with Crippen LogP contribution in [-0.4, -0.2) is 47.3 Å². The van der Waals surface area contributed by atoms with E-state index in [0.717, 1.165) is 22.6 Å². The second kappa shape index (κ2) is 8.37. The minimum absolute atomic E-state index is 0.0670. The first-order chi connectivity index (χ1) is 14.1. The second-order valence-corrected chi connectivity index (χ2v) is 8.14. The van der Waals surface area contributed by atoms with E-state index >= 15 is 0 Å². The van der Waals surface area contributed by atoms with Gasteiger partial charge in [-0.3, -0.25) is 9.69 Å². The van der Waals surface area contributed by atoms with E-state index < -0.39 is 0 Å². The Balaban J connectivity index is 1.61. The molecule has 0 aromatic heterocycles. The van der Waals surface area contributed by atoms with Crippen molar-refractivity contribution in [2.45, 2.75) is 51.2 Å². The highest BCUT2D eigenvalue weighted by Gasteiger charge is 2.37. The van der Waals surface area contributed by atoms with Crippen molar-refractivity contribution < 1.29 is 9.53 Å². The molecule has 1 saturated carbocycles. The number of carbonyl (C=O) groups excluding carboxylic acids is 1. The van der Waals surface area contributed by atoms with E-state index in [2.05, 4.69) is 30.9 Å². The van der Waals surface area contributed by atoms with Crippen molar-refractivity contribution in [2.75, 3.05) is 13.7 Å². The number of carbonyl (C=O) groups is 1. The van der Waals surface area contributed by atoms with Gasteiger partial charge < -0.3 is 4.74 Å². The molecular formula is C24H29N3O2. The average Bonchev–Trinajstić information content (AvgIpc) is 3.49. The van der Waals surface area contributed by atoms with Crippen molar-refractivity contribution in [1.82, 2.24) is 9.91 Å². The van der Waals surface area contributed by atoms with Gasteiger partial charge in [0.1, 0.15) is 5.75 Å². The summed E-state index contributed by atoms with van der Waals surface area (Å²) in [4.78, 5) is 15.6. The Morgan fingerprint density at radius 2 is 1.83 bits per heavy atom. The van der Waals surface area contributed by atoms with Crippen LogP contribution >= 0.6 is 0 Å². The molecule has 2 aliphatic rings. The van der Waals surface area contributed by atoms with Crippen LogP contribution in [0.25, 0.3) is 0 Å². The summed E-state index contributed by atoms with van der Waals surface area (Å²) in [6.45, 7) is 4.74. The maximum absolute atomic E-state index is 13.3. The van der Waals surface area contributed by atoms with E-state index in [1.807, 2.05) is 42.5 Å². The van der Waals surface area contributed by atoms with Crippen molar-refractivity contribution in [3.05, 3.63) is 65.7 Å². The van der Waals surface area contributed by atoms with Crippen molar-refractivity contribution in [1.29, 1.82) is 0 Å². The second-order valence-electron chi connectivity index (χ2n) is 8.14. The Bertz CT molecular complexity index is 871. The van der Waals surface area contributed by atoms with Gasteiger partial charge in [0.05, 0.1) is 25.4 Å². The van der Waals surface area contributed by atoms with Gasteiger partial charge in [-0.15, -0.1) is 0 Å². The van der Waals surface area contributed by atoms with Crippen LogP contribution in [-0.2, 0) is 4.79 Å². The number of methoxy groups -OCH3 is 1. The fourth-order valence-corrected chi connectivity index (χ4v) is 4.00. The summed E-state index contributed by atoms with van der Waals surface area (Å²) in [6, 6.07) is 18.9. The summed E-state index contributed by atoms with van der Waals surface area (Å²) in [6.07, 6.45) is 3.09. The summed E-state index contributed by atoms with van der Waals surface area (Å²) >= 11 is 0. The van der Waals surface area contributed by atoms with Gasteiger partial charge in [0.25, 0.3) is 5.91 Å². The molecule has 1 aliphatic carbocycles. The van der Waals surface area contributed by atoms with E-state index in [1.165, 1.54) is 12.8 Å². The Kier molecular flexibility index (Phi) is 5.67. The molecular weight excluding hydrogens is 362 g/mol. The highest BCUT2D eigenvalue weighted by atomic mass is 16.5. The van der Waals surface area contributed by atoms with E-state index in [-0.39, 0.29) is 11.9 Å². The highest BCUT2D eigenvalue weighted by Crippen LogP contribution is 2.35. The first-order valence-corrected chi connectivity index (χ1v) is 10.4. The Labute approximate surface area is 173 Å². The van der Waals surface area contributed by atoms with Gasteiger partial charge in [-0.2, -0.15) is 5.10 Å². The van der Waals surface area contributed by atoms with Crippen LogP contribution in [0, 0.1) is 0 Å². The van der Waals surface area contributed by atoms with E-state index in [4.69, 9.17) is 9.84 Å². The molecule has 1 aliphatic heterocycles. The van der Waals surface area contributed by atoms with Gasteiger partial charge in [-0.1, -0.05) is 42.5 Å². The zero-order valence-electron chi connectivity index (χ0n) is 17.4. The quantitative estimate of drug-likeness (QED) is 0.709. The third-order valence-corrected chi connectivity index (χ3v) is 5.77. The van der Waals surface area contributed by atoms with Crippen LogP contribution in [0.2, 0.25) is 0 Å². The number of benzene rings is 2. The molecule has 1 heterocycles. The molecule has 5 heteroatoms. The van der Waals surface area contributed by atoms with E-state index in [0.29, 0.717) is 25.0 Å². The monoisotopic (exact) mass is 391 g/mol. The van der Waals surface area contributed by atoms with Crippen LogP contribution in [0.15, 0.2) is 59.7 Å². The smallest absolute Gasteiger partial charge is 0.257 e. The number of amides is 1. The van der Waals surface area contributed by atoms with E-state index in [1.54, 1.807) is 12.1 Å². The van der Waals surface area contributed by atoms with Crippen molar-refractivity contribution in [3.63, 3.8) is 0 Å². The summed E-state index contributed by atoms with van der Waals surface area (Å²) in [5, 5.41) is 6.50. The van der Waals surface area contributed by atoms with Crippen molar-refractivity contribution >= 4 is 11.6 Å². The Morgan fingerprint density at radius 1 is 1.14 bits per heavy atom. The summed E-state index contributed by atoms with van der Waals surface area (Å²) in [5.74, 6) is 0.880. The molecule has 29 heavy (non-hydrogen) atoms. The minimum Gasteiger partial charge on any atom is -0.497 e. The third kappa shape index (κ3) is 4.35. The number of nitrogens with zero attached hydrogens (tertiary/aromatic N) is 3. The fraction of sp³-hybridized carbons (Fsp3) is 0.417. The number of hydrogen-bond donors (Lipinski definition) is 0. The molecule has 0 N–H and O–H groups in total. The number of ether oxygens (including phenoxy) is 1. The van der Waals surface area contributed by atoms with Gasteiger partial charge in [0, 0.05) is 18.5 Å². The van der Waals surface area contributed by atoms with Crippen molar-refractivity contribution in [2.24, 2.45) is 5.10 Å². The molecule has 0 unspecified atom stereocenters. The zero-order valence-corrected chi connectivity index (χ0v) is 17.4. The molecule has 0 bridgehead atoms. The summed E-state index contributed by atoms with van der Waals surface area (Å²) in [7, 11) is 1.66. The van der Waals surface area contributed by atoms with Crippen LogP contribution < -0.4 is 4.74 Å². The zero-order chi connectivity index (χ0) is 20.4. The standard InChI is InChI=1S/C24H29N3O2/c1-17(2)26(20-11-12-20)16-24(28)27-23(19-9-13-21(29-3)14-10-19)15-22(25-27)18-7-5-4-6-8-18/h4-10,13-14,17,20,23H,11-12,15-16H2,1-3H3/t23-/m0/s1. The molecule has 1 amide bonds. The minimum atomic E-state index is -0.0863. The fourth-order valence-electron chi connectivity index (χ4n) is 4.00. The lowest BCUT2D eigenvalue weighted by molar-refractivity contribution is -0.134. The molecule has 5 nitrogen and oxygen atoms in total. The van der Waals surface area contributed by atoms with Crippen LogP contribution in [0.1, 0.15) is 50.3 Å². The van der Waals surface area contributed by atoms with E-state index in [9.17, 15) is 4.79 Å². The molecule has 1 fully saturated rings.